The highest BCUT2D eigenvalue weighted by molar-refractivity contribution is 6.33. The molecule has 1 aromatic carbocycles. The Morgan fingerprint density at radius 2 is 2.05 bits per heavy atom. The molecule has 4 heteroatoms. The van der Waals surface area contributed by atoms with Crippen LogP contribution in [0.15, 0.2) is 18.2 Å². The fraction of sp³-hybridized carbons (Fsp3) is 0.556. The zero-order chi connectivity index (χ0) is 16.4. The summed E-state index contributed by atoms with van der Waals surface area (Å²) in [6.07, 6.45) is 1.95. The molecule has 2 unspecified atom stereocenters. The Kier molecular flexibility index (Phi) is 5.28. The maximum Gasteiger partial charge on any atom is 0.227 e. The van der Waals surface area contributed by atoms with Crippen LogP contribution in [0.4, 0.5) is 5.69 Å². The molecule has 0 saturated carbocycles. The molecule has 1 heterocycles. The van der Waals surface area contributed by atoms with Gasteiger partial charge in [-0.25, -0.2) is 0 Å². The number of Topliss-reactive ketones (excluding diaryl/α,β-unsaturated/α-hetero) is 1. The van der Waals surface area contributed by atoms with E-state index in [0.29, 0.717) is 24.3 Å². The first-order chi connectivity index (χ1) is 10.3. The maximum absolute atomic E-state index is 12.4. The Morgan fingerprint density at radius 3 is 2.64 bits per heavy atom. The highest BCUT2D eigenvalue weighted by Crippen LogP contribution is 2.34. The quantitative estimate of drug-likeness (QED) is 0.601. The molecule has 0 saturated heterocycles. The number of rotatable bonds is 5. The average molecular weight is 322 g/mol. The largest absolute Gasteiger partial charge is 0.309 e. The maximum atomic E-state index is 12.4. The minimum Gasteiger partial charge on any atom is -0.309 e. The van der Waals surface area contributed by atoms with E-state index in [9.17, 15) is 9.59 Å². The number of ketones is 1. The molecule has 0 radical (unpaired) electrons. The molecule has 3 nitrogen and oxygen atoms in total. The van der Waals surface area contributed by atoms with Crippen LogP contribution in [0.5, 0.6) is 0 Å². The summed E-state index contributed by atoms with van der Waals surface area (Å²) < 4.78 is 0. The van der Waals surface area contributed by atoms with Crippen molar-refractivity contribution in [2.75, 3.05) is 4.90 Å². The van der Waals surface area contributed by atoms with Crippen molar-refractivity contribution in [3.8, 4) is 0 Å². The van der Waals surface area contributed by atoms with Gasteiger partial charge in [0.15, 0.2) is 5.78 Å². The fourth-order valence-corrected chi connectivity index (χ4v) is 3.10. The first-order valence-corrected chi connectivity index (χ1v) is 8.42. The molecule has 0 bridgehead atoms. The van der Waals surface area contributed by atoms with E-state index in [2.05, 4.69) is 6.92 Å². The number of carbonyl (C=O) groups is 2. The van der Waals surface area contributed by atoms with E-state index in [1.807, 2.05) is 37.8 Å². The Hall–Kier alpha value is -1.35. The van der Waals surface area contributed by atoms with Gasteiger partial charge < -0.3 is 4.90 Å². The lowest BCUT2D eigenvalue weighted by atomic mass is 10.0. The van der Waals surface area contributed by atoms with Crippen LogP contribution >= 0.6 is 11.6 Å². The first-order valence-electron chi connectivity index (χ1n) is 7.98. The van der Waals surface area contributed by atoms with Gasteiger partial charge in [0.1, 0.15) is 0 Å². The third-order valence-electron chi connectivity index (χ3n) is 4.07. The fourth-order valence-electron chi connectivity index (χ4n) is 2.98. The molecule has 0 spiro atoms. The molecular weight excluding hydrogens is 298 g/mol. The number of benzene rings is 1. The van der Waals surface area contributed by atoms with Gasteiger partial charge in [0.05, 0.1) is 5.38 Å². The Morgan fingerprint density at radius 1 is 1.36 bits per heavy atom. The van der Waals surface area contributed by atoms with Gasteiger partial charge in [-0.05, 0) is 49.4 Å². The van der Waals surface area contributed by atoms with Crippen molar-refractivity contribution in [3.63, 3.8) is 0 Å². The van der Waals surface area contributed by atoms with Crippen molar-refractivity contribution in [2.24, 2.45) is 5.92 Å². The average Bonchev–Trinajstić information content (AvgIpc) is 2.79. The molecule has 1 amide bonds. The van der Waals surface area contributed by atoms with Gasteiger partial charge in [-0.2, -0.15) is 0 Å². The highest BCUT2D eigenvalue weighted by atomic mass is 35.5. The zero-order valence-electron chi connectivity index (χ0n) is 13.7. The highest BCUT2D eigenvalue weighted by Gasteiger charge is 2.31. The lowest BCUT2D eigenvalue weighted by Crippen LogP contribution is -2.36. The lowest BCUT2D eigenvalue weighted by Gasteiger charge is -2.23. The lowest BCUT2D eigenvalue weighted by molar-refractivity contribution is -0.119. The summed E-state index contributed by atoms with van der Waals surface area (Å²) >= 11 is 6.05. The minimum absolute atomic E-state index is 0.0356. The second-order valence-corrected chi connectivity index (χ2v) is 7.03. The third kappa shape index (κ3) is 3.35. The van der Waals surface area contributed by atoms with Crippen molar-refractivity contribution in [3.05, 3.63) is 29.3 Å². The molecule has 1 aromatic rings. The van der Waals surface area contributed by atoms with Crippen LogP contribution in [0, 0.1) is 5.92 Å². The van der Waals surface area contributed by atoms with Crippen molar-refractivity contribution in [1.82, 2.24) is 0 Å². The molecule has 1 aliphatic heterocycles. The first kappa shape index (κ1) is 17.0. The van der Waals surface area contributed by atoms with Gasteiger partial charge in [-0.3, -0.25) is 9.59 Å². The molecular formula is C18H24ClNO2. The summed E-state index contributed by atoms with van der Waals surface area (Å²) in [5.41, 5.74) is 2.65. The minimum atomic E-state index is -0.476. The summed E-state index contributed by atoms with van der Waals surface area (Å²) in [4.78, 5) is 26.5. The number of hydrogen-bond donors (Lipinski definition) is 0. The van der Waals surface area contributed by atoms with Crippen LogP contribution in [0.25, 0.3) is 0 Å². The zero-order valence-corrected chi connectivity index (χ0v) is 14.5. The van der Waals surface area contributed by atoms with Crippen LogP contribution in [-0.2, 0) is 11.2 Å². The van der Waals surface area contributed by atoms with Crippen LogP contribution in [0.2, 0.25) is 0 Å². The van der Waals surface area contributed by atoms with E-state index >= 15 is 0 Å². The second-order valence-electron chi connectivity index (χ2n) is 6.50. The third-order valence-corrected chi connectivity index (χ3v) is 4.58. The van der Waals surface area contributed by atoms with Crippen LogP contribution in [0.3, 0.4) is 0 Å². The summed E-state index contributed by atoms with van der Waals surface area (Å²) in [6.45, 7) is 8.05. The topological polar surface area (TPSA) is 37.4 Å². The van der Waals surface area contributed by atoms with E-state index in [1.54, 1.807) is 6.07 Å². The Balaban J connectivity index is 2.28. The number of halogens is 1. The predicted molar refractivity (Wildman–Crippen MR) is 90.8 cm³/mol. The van der Waals surface area contributed by atoms with Crippen molar-refractivity contribution >= 4 is 29.0 Å². The van der Waals surface area contributed by atoms with E-state index in [-0.39, 0.29) is 17.7 Å². The molecule has 120 valence electrons. The van der Waals surface area contributed by atoms with E-state index < -0.39 is 5.38 Å². The summed E-state index contributed by atoms with van der Waals surface area (Å²) in [5, 5.41) is -0.476. The molecule has 1 aliphatic rings. The molecule has 22 heavy (non-hydrogen) atoms. The smallest absolute Gasteiger partial charge is 0.227 e. The SMILES string of the molecule is CCC(Cl)C(=O)c1ccc2c(c1)CC(C)N2C(=O)CC(C)C. The van der Waals surface area contributed by atoms with Gasteiger partial charge in [-0.15, -0.1) is 11.6 Å². The molecule has 0 aliphatic carbocycles. The molecule has 0 fully saturated rings. The Labute approximate surface area is 137 Å². The van der Waals surface area contributed by atoms with Crippen molar-refractivity contribution in [2.45, 2.75) is 58.4 Å². The number of hydrogen-bond acceptors (Lipinski definition) is 2. The summed E-state index contributed by atoms with van der Waals surface area (Å²) in [7, 11) is 0. The number of fused-ring (bicyclic) bond motifs is 1. The Bertz CT molecular complexity index is 582. The van der Waals surface area contributed by atoms with Crippen LogP contribution in [0.1, 0.15) is 56.5 Å². The molecule has 2 rings (SSSR count). The van der Waals surface area contributed by atoms with Gasteiger partial charge in [0.2, 0.25) is 5.91 Å². The second kappa shape index (κ2) is 6.82. The van der Waals surface area contributed by atoms with E-state index in [4.69, 9.17) is 11.6 Å². The van der Waals surface area contributed by atoms with Crippen LogP contribution in [-0.4, -0.2) is 23.1 Å². The molecule has 2 atom stereocenters. The van der Waals surface area contributed by atoms with E-state index in [0.717, 1.165) is 17.7 Å². The predicted octanol–water partition coefficient (Wildman–Crippen LogP) is 4.21. The van der Waals surface area contributed by atoms with Gasteiger partial charge >= 0.3 is 0 Å². The van der Waals surface area contributed by atoms with Crippen molar-refractivity contribution < 1.29 is 9.59 Å². The number of carbonyl (C=O) groups excluding carboxylic acids is 2. The number of anilines is 1. The van der Waals surface area contributed by atoms with E-state index in [1.165, 1.54) is 0 Å². The normalized spacial score (nSPS) is 18.5. The van der Waals surface area contributed by atoms with Gasteiger partial charge in [0, 0.05) is 23.7 Å². The monoisotopic (exact) mass is 321 g/mol. The van der Waals surface area contributed by atoms with Crippen LogP contribution < -0.4 is 4.90 Å². The van der Waals surface area contributed by atoms with Gasteiger partial charge in [0.25, 0.3) is 0 Å². The van der Waals surface area contributed by atoms with Crippen molar-refractivity contribution in [1.29, 1.82) is 0 Å². The molecule has 0 aromatic heterocycles. The summed E-state index contributed by atoms with van der Waals surface area (Å²) in [6, 6.07) is 5.73. The summed E-state index contributed by atoms with van der Waals surface area (Å²) in [5.74, 6) is 0.460. The number of nitrogens with zero attached hydrogens (tertiary/aromatic N) is 1. The standard InChI is InChI=1S/C18H24ClNO2/c1-5-15(19)18(22)13-6-7-16-14(10-13)9-12(4)20(16)17(21)8-11(2)3/h6-7,10-12,15H,5,8-9H2,1-4H3. The van der Waals surface area contributed by atoms with Gasteiger partial charge in [-0.1, -0.05) is 20.8 Å². The number of alkyl halides is 1. The molecule has 0 N–H and O–H groups in total. The number of amides is 1.